The Bertz CT molecular complexity index is 470. The molecule has 2 aromatic rings. The first kappa shape index (κ1) is 9.68. The molecule has 0 fully saturated rings. The lowest BCUT2D eigenvalue weighted by atomic mass is 10.2. The SMILES string of the molecule is Cc1ccsc1C(=O)c1ccc(Br)o1. The second-order valence-corrected chi connectivity index (χ2v) is 4.56. The Morgan fingerprint density at radius 1 is 1.43 bits per heavy atom. The molecule has 2 heterocycles. The maximum atomic E-state index is 11.8. The van der Waals surface area contributed by atoms with Crippen molar-refractivity contribution in [3.8, 4) is 0 Å². The van der Waals surface area contributed by atoms with Crippen LogP contribution < -0.4 is 0 Å². The Balaban J connectivity index is 2.38. The molecule has 2 rings (SSSR count). The summed E-state index contributed by atoms with van der Waals surface area (Å²) in [6.07, 6.45) is 0. The van der Waals surface area contributed by atoms with Gasteiger partial charge in [0.2, 0.25) is 5.78 Å². The van der Waals surface area contributed by atoms with Crippen LogP contribution in [-0.2, 0) is 0 Å². The molecule has 0 amide bonds. The molecule has 14 heavy (non-hydrogen) atoms. The molecule has 2 aromatic heterocycles. The van der Waals surface area contributed by atoms with E-state index in [1.807, 2.05) is 18.4 Å². The van der Waals surface area contributed by atoms with E-state index in [0.717, 1.165) is 10.4 Å². The zero-order valence-corrected chi connectivity index (χ0v) is 9.81. The molecule has 0 N–H and O–H groups in total. The lowest BCUT2D eigenvalue weighted by molar-refractivity contribution is 0.101. The number of hydrogen-bond donors (Lipinski definition) is 0. The smallest absolute Gasteiger partial charge is 0.238 e. The first-order chi connectivity index (χ1) is 6.68. The van der Waals surface area contributed by atoms with Crippen molar-refractivity contribution in [2.75, 3.05) is 0 Å². The summed E-state index contributed by atoms with van der Waals surface area (Å²) >= 11 is 4.60. The van der Waals surface area contributed by atoms with Crippen molar-refractivity contribution in [1.29, 1.82) is 0 Å². The van der Waals surface area contributed by atoms with E-state index >= 15 is 0 Å². The van der Waals surface area contributed by atoms with Gasteiger partial charge in [-0.1, -0.05) is 0 Å². The molecule has 0 aliphatic rings. The summed E-state index contributed by atoms with van der Waals surface area (Å²) in [5.74, 6) is 0.325. The van der Waals surface area contributed by atoms with Gasteiger partial charge in [-0.25, -0.2) is 0 Å². The average molecular weight is 271 g/mol. The molecule has 0 radical (unpaired) electrons. The van der Waals surface area contributed by atoms with Crippen molar-refractivity contribution in [3.63, 3.8) is 0 Å². The highest BCUT2D eigenvalue weighted by Crippen LogP contribution is 2.22. The fourth-order valence-electron chi connectivity index (χ4n) is 1.15. The summed E-state index contributed by atoms with van der Waals surface area (Å²) in [5.41, 5.74) is 0.993. The molecule has 4 heteroatoms. The van der Waals surface area contributed by atoms with Gasteiger partial charge in [0.15, 0.2) is 10.4 Å². The molecule has 0 saturated heterocycles. The minimum Gasteiger partial charge on any atom is -0.446 e. The van der Waals surface area contributed by atoms with E-state index in [1.165, 1.54) is 11.3 Å². The maximum absolute atomic E-state index is 11.8. The van der Waals surface area contributed by atoms with E-state index in [4.69, 9.17) is 4.42 Å². The van der Waals surface area contributed by atoms with E-state index in [2.05, 4.69) is 15.9 Å². The first-order valence-corrected chi connectivity index (χ1v) is 5.70. The summed E-state index contributed by atoms with van der Waals surface area (Å²) in [6.45, 7) is 1.92. The fourth-order valence-corrected chi connectivity index (χ4v) is 2.33. The molecule has 0 spiro atoms. The summed E-state index contributed by atoms with van der Waals surface area (Å²) in [7, 11) is 0. The van der Waals surface area contributed by atoms with Gasteiger partial charge in [-0.15, -0.1) is 11.3 Å². The van der Waals surface area contributed by atoms with Gasteiger partial charge in [0.05, 0.1) is 4.88 Å². The molecular formula is C10H7BrO2S. The number of hydrogen-bond acceptors (Lipinski definition) is 3. The minimum absolute atomic E-state index is 0.0526. The number of aryl methyl sites for hydroxylation is 1. The molecule has 0 atom stereocenters. The van der Waals surface area contributed by atoms with Crippen molar-refractivity contribution >= 4 is 33.0 Å². The molecular weight excluding hydrogens is 264 g/mol. The Morgan fingerprint density at radius 2 is 2.21 bits per heavy atom. The molecule has 0 saturated carbocycles. The zero-order valence-electron chi connectivity index (χ0n) is 7.41. The van der Waals surface area contributed by atoms with Crippen LogP contribution in [0.15, 0.2) is 32.7 Å². The topological polar surface area (TPSA) is 30.2 Å². The average Bonchev–Trinajstić information content (AvgIpc) is 2.73. The molecule has 72 valence electrons. The van der Waals surface area contributed by atoms with Gasteiger partial charge in [0, 0.05) is 0 Å². The van der Waals surface area contributed by atoms with Crippen LogP contribution in [0.5, 0.6) is 0 Å². The van der Waals surface area contributed by atoms with Gasteiger partial charge in [0.25, 0.3) is 0 Å². The molecule has 0 aliphatic heterocycles. The molecule has 0 aromatic carbocycles. The predicted molar refractivity (Wildman–Crippen MR) is 58.9 cm³/mol. The summed E-state index contributed by atoms with van der Waals surface area (Å²) < 4.78 is 5.78. The van der Waals surface area contributed by atoms with Gasteiger partial charge >= 0.3 is 0 Å². The van der Waals surface area contributed by atoms with Crippen LogP contribution in [0.1, 0.15) is 21.0 Å². The molecule has 2 nitrogen and oxygen atoms in total. The fraction of sp³-hybridized carbons (Fsp3) is 0.100. The highest BCUT2D eigenvalue weighted by atomic mass is 79.9. The normalized spacial score (nSPS) is 10.4. The summed E-state index contributed by atoms with van der Waals surface area (Å²) in [4.78, 5) is 12.6. The van der Waals surface area contributed by atoms with Crippen LogP contribution in [-0.4, -0.2) is 5.78 Å². The Hall–Kier alpha value is -0.870. The summed E-state index contributed by atoms with van der Waals surface area (Å²) in [5, 5.41) is 1.90. The second kappa shape index (κ2) is 3.71. The van der Waals surface area contributed by atoms with E-state index in [0.29, 0.717) is 10.4 Å². The van der Waals surface area contributed by atoms with Crippen molar-refractivity contribution in [3.05, 3.63) is 44.4 Å². The van der Waals surface area contributed by atoms with Crippen LogP contribution in [0.3, 0.4) is 0 Å². The van der Waals surface area contributed by atoms with E-state index in [-0.39, 0.29) is 5.78 Å². The largest absolute Gasteiger partial charge is 0.446 e. The number of thiophene rings is 1. The third kappa shape index (κ3) is 1.67. The lowest BCUT2D eigenvalue weighted by Crippen LogP contribution is -1.97. The maximum Gasteiger partial charge on any atom is 0.238 e. The van der Waals surface area contributed by atoms with Gasteiger partial charge in [-0.05, 0) is 52.0 Å². The number of rotatable bonds is 2. The first-order valence-electron chi connectivity index (χ1n) is 4.02. The lowest BCUT2D eigenvalue weighted by Gasteiger charge is -1.94. The predicted octanol–water partition coefficient (Wildman–Crippen LogP) is 3.64. The van der Waals surface area contributed by atoms with Gasteiger partial charge < -0.3 is 4.42 Å². The van der Waals surface area contributed by atoms with Crippen molar-refractivity contribution in [2.24, 2.45) is 0 Å². The highest BCUT2D eigenvalue weighted by Gasteiger charge is 2.16. The van der Waals surface area contributed by atoms with Crippen LogP contribution in [0.4, 0.5) is 0 Å². The third-order valence-electron chi connectivity index (χ3n) is 1.87. The minimum atomic E-state index is -0.0526. The van der Waals surface area contributed by atoms with Crippen LogP contribution in [0.25, 0.3) is 0 Å². The molecule has 0 bridgehead atoms. The number of ketones is 1. The number of furan rings is 1. The Morgan fingerprint density at radius 3 is 2.71 bits per heavy atom. The van der Waals surface area contributed by atoms with E-state index in [9.17, 15) is 4.79 Å². The van der Waals surface area contributed by atoms with Crippen LogP contribution in [0.2, 0.25) is 0 Å². The van der Waals surface area contributed by atoms with Crippen LogP contribution >= 0.6 is 27.3 Å². The number of carbonyl (C=O) groups is 1. The third-order valence-corrected chi connectivity index (χ3v) is 3.31. The molecule has 0 aliphatic carbocycles. The molecule has 0 unspecified atom stereocenters. The number of carbonyl (C=O) groups excluding carboxylic acids is 1. The van der Waals surface area contributed by atoms with Crippen molar-refractivity contribution in [1.82, 2.24) is 0 Å². The standard InChI is InChI=1S/C10H7BrO2S/c1-6-4-5-14-10(6)9(12)7-2-3-8(11)13-7/h2-5H,1H3. The van der Waals surface area contributed by atoms with E-state index in [1.54, 1.807) is 12.1 Å². The monoisotopic (exact) mass is 270 g/mol. The van der Waals surface area contributed by atoms with Gasteiger partial charge in [-0.3, -0.25) is 4.79 Å². The Labute approximate surface area is 93.7 Å². The number of halogens is 1. The zero-order chi connectivity index (χ0) is 10.1. The van der Waals surface area contributed by atoms with Gasteiger partial charge in [0.1, 0.15) is 0 Å². The summed E-state index contributed by atoms with van der Waals surface area (Å²) in [6, 6.07) is 5.32. The van der Waals surface area contributed by atoms with Crippen molar-refractivity contribution in [2.45, 2.75) is 6.92 Å². The van der Waals surface area contributed by atoms with Gasteiger partial charge in [-0.2, -0.15) is 0 Å². The van der Waals surface area contributed by atoms with Crippen molar-refractivity contribution < 1.29 is 9.21 Å². The second-order valence-electron chi connectivity index (χ2n) is 2.87. The quantitative estimate of drug-likeness (QED) is 0.780. The van der Waals surface area contributed by atoms with Crippen LogP contribution in [0, 0.1) is 6.92 Å². The Kier molecular flexibility index (Phi) is 2.56. The highest BCUT2D eigenvalue weighted by molar-refractivity contribution is 9.10. The van der Waals surface area contributed by atoms with E-state index < -0.39 is 0 Å².